The number of benzene rings is 2. The highest BCUT2D eigenvalue weighted by atomic mass is 79.9. The minimum absolute atomic E-state index is 0.0922. The van der Waals surface area contributed by atoms with Gasteiger partial charge in [0.25, 0.3) is 0 Å². The van der Waals surface area contributed by atoms with Crippen molar-refractivity contribution in [1.29, 1.82) is 0 Å². The number of carbonyl (C=O) groups excluding carboxylic acids is 2. The van der Waals surface area contributed by atoms with Gasteiger partial charge in [-0.25, -0.2) is 8.42 Å². The van der Waals surface area contributed by atoms with E-state index in [1.807, 2.05) is 24.3 Å². The Bertz CT molecular complexity index is 1050. The molecule has 0 fully saturated rings. The number of rotatable bonds is 10. The molecule has 0 saturated carbocycles. The molecule has 0 aliphatic heterocycles. The van der Waals surface area contributed by atoms with Crippen molar-refractivity contribution in [3.8, 4) is 0 Å². The van der Waals surface area contributed by atoms with Crippen molar-refractivity contribution in [2.45, 2.75) is 32.4 Å². The first-order valence-corrected chi connectivity index (χ1v) is 13.0. The molecule has 0 aliphatic carbocycles. The van der Waals surface area contributed by atoms with Crippen LogP contribution in [0.25, 0.3) is 0 Å². The van der Waals surface area contributed by atoms with Gasteiger partial charge in [0.15, 0.2) is 0 Å². The van der Waals surface area contributed by atoms with E-state index in [0.717, 1.165) is 16.3 Å². The number of halogens is 2. The molecule has 0 heterocycles. The summed E-state index contributed by atoms with van der Waals surface area (Å²) in [5.74, 6) is -0.502. The molecule has 2 rings (SSSR count). The Kier molecular flexibility index (Phi) is 9.54. The number of nitrogens with one attached hydrogen (secondary N) is 1. The second kappa shape index (κ2) is 11.7. The van der Waals surface area contributed by atoms with E-state index in [9.17, 15) is 18.0 Å². The highest BCUT2D eigenvalue weighted by Gasteiger charge is 2.26. The number of nitrogens with zero attached hydrogens (tertiary/aromatic N) is 2. The summed E-state index contributed by atoms with van der Waals surface area (Å²) < 4.78 is 26.7. The summed E-state index contributed by atoms with van der Waals surface area (Å²) in [6, 6.07) is 13.3. The molecular formula is C22H27BrClN3O4S. The number of anilines is 1. The molecule has 2 aromatic rings. The topological polar surface area (TPSA) is 86.8 Å². The number of hydrogen-bond acceptors (Lipinski definition) is 4. The van der Waals surface area contributed by atoms with Gasteiger partial charge >= 0.3 is 0 Å². The maximum Gasteiger partial charge on any atom is 0.242 e. The summed E-state index contributed by atoms with van der Waals surface area (Å²) in [5.41, 5.74) is 1.36. The first-order chi connectivity index (χ1) is 15.0. The van der Waals surface area contributed by atoms with Crippen LogP contribution < -0.4 is 9.62 Å². The van der Waals surface area contributed by atoms with Crippen molar-refractivity contribution in [2.75, 3.05) is 24.2 Å². The summed E-state index contributed by atoms with van der Waals surface area (Å²) >= 11 is 9.32. The van der Waals surface area contributed by atoms with Gasteiger partial charge in [0.05, 0.1) is 11.9 Å². The fourth-order valence-corrected chi connectivity index (χ4v) is 4.77. The third-order valence-electron chi connectivity index (χ3n) is 4.92. The molecule has 0 unspecified atom stereocenters. The molecule has 0 aliphatic rings. The standard InChI is InChI=1S/C22H27BrClN3O4S/c1-16(22(29)25-2)26(15-17-6-4-7-18(23)14-17)21(28)8-5-13-27(32(3,30)31)20-11-9-19(24)10-12-20/h4,6-7,9-12,14,16H,5,8,13,15H2,1-3H3,(H,25,29)/t16-/m0/s1. The van der Waals surface area contributed by atoms with E-state index in [2.05, 4.69) is 21.2 Å². The molecule has 174 valence electrons. The predicted octanol–water partition coefficient (Wildman–Crippen LogP) is 3.81. The highest BCUT2D eigenvalue weighted by Crippen LogP contribution is 2.22. The van der Waals surface area contributed by atoms with Gasteiger partial charge in [-0.2, -0.15) is 0 Å². The normalized spacial score (nSPS) is 12.2. The summed E-state index contributed by atoms with van der Waals surface area (Å²) in [7, 11) is -2.02. The monoisotopic (exact) mass is 543 g/mol. The Morgan fingerprint density at radius 2 is 1.81 bits per heavy atom. The highest BCUT2D eigenvalue weighted by molar-refractivity contribution is 9.10. The molecule has 0 radical (unpaired) electrons. The maximum absolute atomic E-state index is 13.1. The van der Waals surface area contributed by atoms with Gasteiger partial charge in [-0.3, -0.25) is 13.9 Å². The van der Waals surface area contributed by atoms with Gasteiger partial charge in [0.1, 0.15) is 6.04 Å². The van der Waals surface area contributed by atoms with Gasteiger partial charge in [0, 0.05) is 36.1 Å². The van der Waals surface area contributed by atoms with Crippen molar-refractivity contribution < 1.29 is 18.0 Å². The summed E-state index contributed by atoms with van der Waals surface area (Å²) in [4.78, 5) is 26.8. The van der Waals surface area contributed by atoms with E-state index in [-0.39, 0.29) is 31.3 Å². The lowest BCUT2D eigenvalue weighted by molar-refractivity contribution is -0.140. The average Bonchev–Trinajstić information content (AvgIpc) is 2.74. The quantitative estimate of drug-likeness (QED) is 0.493. The lowest BCUT2D eigenvalue weighted by Gasteiger charge is -2.29. The van der Waals surface area contributed by atoms with E-state index < -0.39 is 16.1 Å². The molecule has 32 heavy (non-hydrogen) atoms. The van der Waals surface area contributed by atoms with Gasteiger partial charge in [0.2, 0.25) is 21.8 Å². The van der Waals surface area contributed by atoms with Crippen LogP contribution in [-0.4, -0.2) is 51.0 Å². The molecule has 2 amide bonds. The zero-order valence-electron chi connectivity index (χ0n) is 18.2. The van der Waals surface area contributed by atoms with Gasteiger partial charge in [-0.05, 0) is 55.3 Å². The second-order valence-electron chi connectivity index (χ2n) is 7.36. The van der Waals surface area contributed by atoms with Crippen LogP contribution >= 0.6 is 27.5 Å². The Hall–Kier alpha value is -2.10. The molecule has 0 bridgehead atoms. The van der Waals surface area contributed by atoms with E-state index in [4.69, 9.17) is 11.6 Å². The van der Waals surface area contributed by atoms with Crippen LogP contribution in [0.1, 0.15) is 25.3 Å². The zero-order valence-corrected chi connectivity index (χ0v) is 21.4. The minimum atomic E-state index is -3.54. The van der Waals surface area contributed by atoms with Gasteiger partial charge in [-0.15, -0.1) is 0 Å². The summed E-state index contributed by atoms with van der Waals surface area (Å²) in [6.45, 7) is 2.07. The molecular weight excluding hydrogens is 518 g/mol. The van der Waals surface area contributed by atoms with E-state index >= 15 is 0 Å². The number of carbonyl (C=O) groups is 2. The lowest BCUT2D eigenvalue weighted by atomic mass is 10.1. The van der Waals surface area contributed by atoms with Gasteiger partial charge < -0.3 is 10.2 Å². The lowest BCUT2D eigenvalue weighted by Crippen LogP contribution is -2.46. The van der Waals surface area contributed by atoms with Crippen molar-refractivity contribution >= 4 is 55.1 Å². The van der Waals surface area contributed by atoms with Crippen LogP contribution in [-0.2, 0) is 26.2 Å². The van der Waals surface area contributed by atoms with Crippen LogP contribution in [0.5, 0.6) is 0 Å². The van der Waals surface area contributed by atoms with Crippen molar-refractivity contribution in [2.24, 2.45) is 0 Å². The SMILES string of the molecule is CNC(=O)[C@H](C)N(Cc1cccc(Br)c1)C(=O)CCCN(c1ccc(Cl)cc1)S(C)(=O)=O. The minimum Gasteiger partial charge on any atom is -0.357 e. The Morgan fingerprint density at radius 1 is 1.16 bits per heavy atom. The fourth-order valence-electron chi connectivity index (χ4n) is 3.23. The van der Waals surface area contributed by atoms with Crippen LogP contribution in [0.4, 0.5) is 5.69 Å². The molecule has 10 heteroatoms. The summed E-state index contributed by atoms with van der Waals surface area (Å²) in [6.07, 6.45) is 1.51. The predicted molar refractivity (Wildman–Crippen MR) is 131 cm³/mol. The van der Waals surface area contributed by atoms with Crippen LogP contribution in [0, 0.1) is 0 Å². The van der Waals surface area contributed by atoms with E-state index in [0.29, 0.717) is 17.1 Å². The second-order valence-corrected chi connectivity index (χ2v) is 10.6. The number of amides is 2. The molecule has 0 spiro atoms. The number of hydrogen-bond donors (Lipinski definition) is 1. The Balaban J connectivity index is 2.13. The molecule has 1 N–H and O–H groups in total. The number of sulfonamides is 1. The smallest absolute Gasteiger partial charge is 0.242 e. The summed E-state index contributed by atoms with van der Waals surface area (Å²) in [5, 5.41) is 3.08. The van der Waals surface area contributed by atoms with Crippen LogP contribution in [0.3, 0.4) is 0 Å². The first-order valence-electron chi connectivity index (χ1n) is 10.0. The first kappa shape index (κ1) is 26.2. The van der Waals surface area contributed by atoms with Gasteiger partial charge in [-0.1, -0.05) is 39.7 Å². The van der Waals surface area contributed by atoms with E-state index in [1.54, 1.807) is 31.2 Å². The van der Waals surface area contributed by atoms with Crippen LogP contribution in [0.2, 0.25) is 5.02 Å². The molecule has 2 aromatic carbocycles. The zero-order chi connectivity index (χ0) is 23.9. The Labute approximate surface area is 202 Å². The fraction of sp³-hybridized carbons (Fsp3) is 0.364. The van der Waals surface area contributed by atoms with E-state index in [1.165, 1.54) is 16.3 Å². The third-order valence-corrected chi connectivity index (χ3v) is 6.86. The van der Waals surface area contributed by atoms with Crippen molar-refractivity contribution in [3.05, 3.63) is 63.6 Å². The van der Waals surface area contributed by atoms with Crippen LogP contribution in [0.15, 0.2) is 53.0 Å². The molecule has 0 aromatic heterocycles. The molecule has 7 nitrogen and oxygen atoms in total. The van der Waals surface area contributed by atoms with Crippen molar-refractivity contribution in [1.82, 2.24) is 10.2 Å². The average molecular weight is 545 g/mol. The molecule has 1 atom stereocenters. The molecule has 0 saturated heterocycles. The largest absolute Gasteiger partial charge is 0.357 e. The maximum atomic E-state index is 13.1. The number of likely N-dealkylation sites (N-methyl/N-ethyl adjacent to an activating group) is 1. The Morgan fingerprint density at radius 3 is 2.38 bits per heavy atom. The van der Waals surface area contributed by atoms with Crippen molar-refractivity contribution in [3.63, 3.8) is 0 Å². The third kappa shape index (κ3) is 7.50.